The number of benzene rings is 2. The van der Waals surface area contributed by atoms with Crippen LogP contribution in [-0.2, 0) is 6.42 Å². The zero-order valence-electron chi connectivity index (χ0n) is 18.5. The minimum Gasteiger partial charge on any atom is -0.495 e. The standard InChI is InChI=1S/C24H32N6O/c1-3-25-24(26-14-8-13-23-27-19-9-4-5-10-20(19)28-23)30-17-15-29(16-18-30)21-11-6-7-12-22(21)31-2/h4-7,9-12H,3,8,13-18H2,1-2H3,(H,25,26)(H,27,28). The molecule has 0 spiro atoms. The highest BCUT2D eigenvalue weighted by molar-refractivity contribution is 5.80. The van der Waals surface area contributed by atoms with Crippen LogP contribution in [0.3, 0.4) is 0 Å². The molecule has 1 fully saturated rings. The van der Waals surface area contributed by atoms with Crippen LogP contribution < -0.4 is 15.0 Å². The number of aromatic amines is 1. The first-order valence-electron chi connectivity index (χ1n) is 11.1. The minimum absolute atomic E-state index is 0.784. The molecule has 0 bridgehead atoms. The van der Waals surface area contributed by atoms with E-state index in [0.29, 0.717) is 0 Å². The van der Waals surface area contributed by atoms with Crippen LogP contribution in [0.1, 0.15) is 19.2 Å². The Labute approximate surface area is 184 Å². The number of nitrogens with zero attached hydrogens (tertiary/aromatic N) is 4. The number of hydrogen-bond acceptors (Lipinski definition) is 4. The van der Waals surface area contributed by atoms with Gasteiger partial charge in [0.05, 0.1) is 23.8 Å². The van der Waals surface area contributed by atoms with Gasteiger partial charge in [-0.05, 0) is 37.6 Å². The smallest absolute Gasteiger partial charge is 0.194 e. The highest BCUT2D eigenvalue weighted by atomic mass is 16.5. The van der Waals surface area contributed by atoms with E-state index >= 15 is 0 Å². The van der Waals surface area contributed by atoms with Crippen molar-refractivity contribution >= 4 is 22.7 Å². The molecule has 4 rings (SSSR count). The van der Waals surface area contributed by atoms with Crippen LogP contribution in [0, 0.1) is 0 Å². The quantitative estimate of drug-likeness (QED) is 0.349. The number of piperazine rings is 1. The second kappa shape index (κ2) is 10.2. The summed E-state index contributed by atoms with van der Waals surface area (Å²) in [5.74, 6) is 2.97. The average Bonchev–Trinajstić information content (AvgIpc) is 3.24. The van der Waals surface area contributed by atoms with E-state index in [-0.39, 0.29) is 0 Å². The summed E-state index contributed by atoms with van der Waals surface area (Å²) in [6.45, 7) is 7.55. The zero-order valence-corrected chi connectivity index (χ0v) is 18.5. The molecule has 0 radical (unpaired) electrons. The van der Waals surface area contributed by atoms with Gasteiger partial charge in [0.2, 0.25) is 0 Å². The van der Waals surface area contributed by atoms with Gasteiger partial charge in [0.15, 0.2) is 5.96 Å². The van der Waals surface area contributed by atoms with Crippen molar-refractivity contribution in [3.63, 3.8) is 0 Å². The number of aryl methyl sites for hydroxylation is 1. The third-order valence-corrected chi connectivity index (χ3v) is 5.61. The molecule has 0 amide bonds. The van der Waals surface area contributed by atoms with Crippen LogP contribution in [0.15, 0.2) is 53.5 Å². The van der Waals surface area contributed by atoms with Crippen LogP contribution in [-0.4, -0.2) is 67.2 Å². The third kappa shape index (κ3) is 5.10. The fourth-order valence-corrected chi connectivity index (χ4v) is 4.03. The van der Waals surface area contributed by atoms with Crippen LogP contribution in [0.2, 0.25) is 0 Å². The molecule has 1 aliphatic rings. The van der Waals surface area contributed by atoms with Crippen molar-refractivity contribution in [1.29, 1.82) is 0 Å². The summed E-state index contributed by atoms with van der Waals surface area (Å²) < 4.78 is 5.53. The summed E-state index contributed by atoms with van der Waals surface area (Å²) in [4.78, 5) is 17.7. The van der Waals surface area contributed by atoms with Crippen LogP contribution >= 0.6 is 0 Å². The SMILES string of the molecule is CCNC(=NCCCc1nc2ccccc2[nH]1)N1CCN(c2ccccc2OC)CC1. The molecule has 7 heteroatoms. The Kier molecular flexibility index (Phi) is 6.92. The topological polar surface area (TPSA) is 68.8 Å². The summed E-state index contributed by atoms with van der Waals surface area (Å²) in [6.07, 6.45) is 1.87. The molecular weight excluding hydrogens is 388 g/mol. The van der Waals surface area contributed by atoms with Crippen molar-refractivity contribution in [3.05, 3.63) is 54.4 Å². The maximum atomic E-state index is 5.53. The molecule has 2 aromatic carbocycles. The Bertz CT molecular complexity index is 973. The number of fused-ring (bicyclic) bond motifs is 1. The molecule has 2 N–H and O–H groups in total. The fraction of sp³-hybridized carbons (Fsp3) is 0.417. The van der Waals surface area contributed by atoms with Gasteiger partial charge < -0.3 is 24.8 Å². The van der Waals surface area contributed by atoms with E-state index in [2.05, 4.69) is 50.2 Å². The number of rotatable bonds is 7. The average molecular weight is 421 g/mol. The van der Waals surface area contributed by atoms with Gasteiger partial charge in [-0.25, -0.2) is 4.98 Å². The van der Waals surface area contributed by atoms with Gasteiger partial charge in [0, 0.05) is 45.7 Å². The second-order valence-electron chi connectivity index (χ2n) is 7.69. The van der Waals surface area contributed by atoms with Gasteiger partial charge in [-0.1, -0.05) is 24.3 Å². The molecule has 0 aliphatic carbocycles. The number of anilines is 1. The Morgan fingerprint density at radius 3 is 2.65 bits per heavy atom. The lowest BCUT2D eigenvalue weighted by Crippen LogP contribution is -2.52. The third-order valence-electron chi connectivity index (χ3n) is 5.61. The number of nitrogens with one attached hydrogen (secondary N) is 2. The van der Waals surface area contributed by atoms with Crippen molar-refractivity contribution in [2.75, 3.05) is 51.3 Å². The molecule has 164 valence electrons. The van der Waals surface area contributed by atoms with Crippen molar-refractivity contribution < 1.29 is 4.74 Å². The Hall–Kier alpha value is -3.22. The summed E-state index contributed by atoms with van der Waals surface area (Å²) in [5, 5.41) is 3.46. The number of imidazole rings is 1. The molecule has 2 heterocycles. The highest BCUT2D eigenvalue weighted by Gasteiger charge is 2.21. The van der Waals surface area contributed by atoms with Crippen molar-refractivity contribution in [3.8, 4) is 5.75 Å². The maximum absolute atomic E-state index is 5.53. The van der Waals surface area contributed by atoms with Gasteiger partial charge in [-0.15, -0.1) is 0 Å². The predicted molar refractivity (Wildman–Crippen MR) is 127 cm³/mol. The van der Waals surface area contributed by atoms with Crippen LogP contribution in [0.25, 0.3) is 11.0 Å². The molecule has 1 aromatic heterocycles. The molecule has 0 unspecified atom stereocenters. The first kappa shape index (κ1) is 21.0. The van der Waals surface area contributed by atoms with E-state index < -0.39 is 0 Å². The zero-order chi connectivity index (χ0) is 21.5. The molecule has 0 saturated carbocycles. The normalized spacial score (nSPS) is 14.8. The number of guanidine groups is 1. The summed E-state index contributed by atoms with van der Waals surface area (Å²) in [7, 11) is 1.73. The number of aliphatic imine (C=N–C) groups is 1. The fourth-order valence-electron chi connectivity index (χ4n) is 4.03. The molecule has 1 aliphatic heterocycles. The van der Waals surface area contributed by atoms with Gasteiger partial charge in [-0.2, -0.15) is 0 Å². The molecular formula is C24H32N6O. The van der Waals surface area contributed by atoms with E-state index in [9.17, 15) is 0 Å². The number of H-pyrrole nitrogens is 1. The van der Waals surface area contributed by atoms with E-state index in [1.54, 1.807) is 7.11 Å². The first-order valence-corrected chi connectivity index (χ1v) is 11.1. The summed E-state index contributed by atoms with van der Waals surface area (Å²) >= 11 is 0. The molecule has 7 nitrogen and oxygen atoms in total. The lowest BCUT2D eigenvalue weighted by Gasteiger charge is -2.38. The Balaban J connectivity index is 1.31. The van der Waals surface area contributed by atoms with Crippen molar-refractivity contribution in [1.82, 2.24) is 20.2 Å². The monoisotopic (exact) mass is 420 g/mol. The maximum Gasteiger partial charge on any atom is 0.194 e. The Morgan fingerprint density at radius 1 is 1.10 bits per heavy atom. The van der Waals surface area contributed by atoms with Gasteiger partial charge in [0.1, 0.15) is 11.6 Å². The molecule has 31 heavy (non-hydrogen) atoms. The van der Waals surface area contributed by atoms with E-state index in [1.807, 2.05) is 30.3 Å². The number of methoxy groups -OCH3 is 1. The van der Waals surface area contributed by atoms with Crippen LogP contribution in [0.4, 0.5) is 5.69 Å². The molecule has 3 aromatic rings. The lowest BCUT2D eigenvalue weighted by atomic mass is 10.2. The molecule has 1 saturated heterocycles. The number of aromatic nitrogens is 2. The molecule has 0 atom stereocenters. The predicted octanol–water partition coefficient (Wildman–Crippen LogP) is 3.29. The number of para-hydroxylation sites is 4. The van der Waals surface area contributed by atoms with Gasteiger partial charge in [0.25, 0.3) is 0 Å². The number of hydrogen-bond donors (Lipinski definition) is 2. The number of ether oxygens (including phenoxy) is 1. The second-order valence-corrected chi connectivity index (χ2v) is 7.69. The van der Waals surface area contributed by atoms with Crippen molar-refractivity contribution in [2.45, 2.75) is 19.8 Å². The highest BCUT2D eigenvalue weighted by Crippen LogP contribution is 2.28. The Morgan fingerprint density at radius 2 is 1.87 bits per heavy atom. The summed E-state index contributed by atoms with van der Waals surface area (Å²) in [5.41, 5.74) is 3.29. The van der Waals surface area contributed by atoms with Crippen molar-refractivity contribution in [2.24, 2.45) is 4.99 Å². The van der Waals surface area contributed by atoms with Gasteiger partial charge in [-0.3, -0.25) is 4.99 Å². The van der Waals surface area contributed by atoms with E-state index in [0.717, 1.165) is 86.4 Å². The lowest BCUT2D eigenvalue weighted by molar-refractivity contribution is 0.367. The minimum atomic E-state index is 0.784. The first-order chi connectivity index (χ1) is 15.3. The van der Waals surface area contributed by atoms with E-state index in [1.165, 1.54) is 0 Å². The summed E-state index contributed by atoms with van der Waals surface area (Å²) in [6, 6.07) is 16.4. The largest absolute Gasteiger partial charge is 0.495 e. The van der Waals surface area contributed by atoms with Gasteiger partial charge >= 0.3 is 0 Å². The van der Waals surface area contributed by atoms with Crippen LogP contribution in [0.5, 0.6) is 5.75 Å². The van der Waals surface area contributed by atoms with E-state index in [4.69, 9.17) is 9.73 Å².